The van der Waals surface area contributed by atoms with E-state index in [0.717, 1.165) is 5.56 Å². The molecular formula is C19H23FN2O3. The van der Waals surface area contributed by atoms with E-state index in [1.165, 1.54) is 22.8 Å². The average molecular weight is 346 g/mol. The van der Waals surface area contributed by atoms with E-state index in [1.807, 2.05) is 6.07 Å². The molecule has 1 aromatic carbocycles. The summed E-state index contributed by atoms with van der Waals surface area (Å²) >= 11 is 0. The summed E-state index contributed by atoms with van der Waals surface area (Å²) in [7, 11) is 1.61. The minimum atomic E-state index is -0.384. The Hall–Kier alpha value is -2.47. The Morgan fingerprint density at radius 2 is 2.08 bits per heavy atom. The van der Waals surface area contributed by atoms with Crippen LogP contribution in [0.3, 0.4) is 0 Å². The van der Waals surface area contributed by atoms with Gasteiger partial charge in [0, 0.05) is 33.0 Å². The minimum Gasteiger partial charge on any atom is -0.385 e. The molecule has 5 nitrogen and oxygen atoms in total. The molecule has 0 aliphatic rings. The minimum absolute atomic E-state index is 0.130. The van der Waals surface area contributed by atoms with Gasteiger partial charge in [-0.15, -0.1) is 0 Å². The van der Waals surface area contributed by atoms with E-state index in [9.17, 15) is 14.0 Å². The van der Waals surface area contributed by atoms with Gasteiger partial charge in [0.05, 0.1) is 0 Å². The molecular weight excluding hydrogens is 323 g/mol. The molecule has 0 fully saturated rings. The van der Waals surface area contributed by atoms with Crippen LogP contribution in [-0.2, 0) is 17.7 Å². The third-order valence-electron chi connectivity index (χ3n) is 3.83. The van der Waals surface area contributed by atoms with Crippen LogP contribution in [0, 0.1) is 5.82 Å². The van der Waals surface area contributed by atoms with Crippen molar-refractivity contribution in [3.8, 4) is 0 Å². The van der Waals surface area contributed by atoms with Gasteiger partial charge >= 0.3 is 0 Å². The number of aromatic nitrogens is 1. The molecule has 25 heavy (non-hydrogen) atoms. The molecule has 1 aromatic heterocycles. The molecule has 2 rings (SSSR count). The number of hydrogen-bond acceptors (Lipinski definition) is 3. The molecule has 6 heteroatoms. The molecule has 1 N–H and O–H groups in total. The summed E-state index contributed by atoms with van der Waals surface area (Å²) < 4.78 is 19.6. The van der Waals surface area contributed by atoms with Crippen LogP contribution in [0.4, 0.5) is 4.39 Å². The van der Waals surface area contributed by atoms with Gasteiger partial charge in [-0.05, 0) is 49.1 Å². The van der Waals surface area contributed by atoms with E-state index in [1.54, 1.807) is 25.4 Å². The highest BCUT2D eigenvalue weighted by Gasteiger charge is 2.11. The fraction of sp³-hybridized carbons (Fsp3) is 0.368. The van der Waals surface area contributed by atoms with Gasteiger partial charge in [-0.3, -0.25) is 9.59 Å². The normalized spacial score (nSPS) is 10.6. The smallest absolute Gasteiger partial charge is 0.263 e. The lowest BCUT2D eigenvalue weighted by Crippen LogP contribution is -2.33. The van der Waals surface area contributed by atoms with Gasteiger partial charge in [0.2, 0.25) is 0 Å². The fourth-order valence-corrected chi connectivity index (χ4v) is 2.55. The number of benzene rings is 1. The van der Waals surface area contributed by atoms with Crippen molar-refractivity contribution in [3.63, 3.8) is 0 Å². The van der Waals surface area contributed by atoms with Gasteiger partial charge in [0.15, 0.2) is 0 Å². The van der Waals surface area contributed by atoms with Gasteiger partial charge in [-0.1, -0.05) is 12.1 Å². The lowest BCUT2D eigenvalue weighted by atomic mass is 10.1. The van der Waals surface area contributed by atoms with Gasteiger partial charge in [0.1, 0.15) is 11.4 Å². The fourth-order valence-electron chi connectivity index (χ4n) is 2.55. The largest absolute Gasteiger partial charge is 0.385 e. The lowest BCUT2D eigenvalue weighted by molar-refractivity contribution is 0.0951. The maximum absolute atomic E-state index is 13.1. The first-order chi connectivity index (χ1) is 12.1. The molecule has 0 aliphatic heterocycles. The molecule has 1 amide bonds. The van der Waals surface area contributed by atoms with Crippen molar-refractivity contribution in [3.05, 3.63) is 69.9 Å². The van der Waals surface area contributed by atoms with Crippen LogP contribution in [-0.4, -0.2) is 30.7 Å². The van der Waals surface area contributed by atoms with Crippen molar-refractivity contribution in [2.75, 3.05) is 20.3 Å². The van der Waals surface area contributed by atoms with E-state index in [0.29, 0.717) is 39.0 Å². The maximum Gasteiger partial charge on any atom is 0.263 e. The Labute approximate surface area is 146 Å². The van der Waals surface area contributed by atoms with Gasteiger partial charge in [-0.25, -0.2) is 4.39 Å². The number of carbonyl (C=O) groups excluding carboxylic acids is 1. The second-order valence-corrected chi connectivity index (χ2v) is 5.76. The first-order valence-electron chi connectivity index (χ1n) is 8.33. The van der Waals surface area contributed by atoms with Gasteiger partial charge in [0.25, 0.3) is 11.5 Å². The summed E-state index contributed by atoms with van der Waals surface area (Å²) in [6.45, 7) is 1.49. The van der Waals surface area contributed by atoms with Crippen LogP contribution >= 0.6 is 0 Å². The number of amides is 1. The zero-order valence-electron chi connectivity index (χ0n) is 14.3. The SMILES string of the molecule is COCCCn1cccc(C(=O)NCCCc2cccc(F)c2)c1=O. The van der Waals surface area contributed by atoms with Crippen molar-refractivity contribution >= 4 is 5.91 Å². The van der Waals surface area contributed by atoms with Crippen LogP contribution in [0.2, 0.25) is 0 Å². The van der Waals surface area contributed by atoms with Crippen molar-refractivity contribution in [2.45, 2.75) is 25.8 Å². The number of ether oxygens (including phenoxy) is 1. The summed E-state index contributed by atoms with van der Waals surface area (Å²) in [5.41, 5.74) is 0.710. The number of methoxy groups -OCH3 is 1. The third kappa shape index (κ3) is 5.83. The zero-order chi connectivity index (χ0) is 18.1. The Morgan fingerprint density at radius 3 is 2.84 bits per heavy atom. The topological polar surface area (TPSA) is 60.3 Å². The molecule has 0 saturated heterocycles. The highest BCUT2D eigenvalue weighted by Crippen LogP contribution is 2.05. The summed E-state index contributed by atoms with van der Waals surface area (Å²) in [6, 6.07) is 9.61. The van der Waals surface area contributed by atoms with E-state index in [4.69, 9.17) is 4.74 Å². The molecule has 0 atom stereocenters. The van der Waals surface area contributed by atoms with Crippen LogP contribution in [0.25, 0.3) is 0 Å². The van der Waals surface area contributed by atoms with Crippen molar-refractivity contribution in [2.24, 2.45) is 0 Å². The third-order valence-corrected chi connectivity index (χ3v) is 3.83. The highest BCUT2D eigenvalue weighted by atomic mass is 19.1. The van der Waals surface area contributed by atoms with Gasteiger partial charge in [-0.2, -0.15) is 0 Å². The van der Waals surface area contributed by atoms with Gasteiger partial charge < -0.3 is 14.6 Å². The molecule has 0 aliphatic carbocycles. The van der Waals surface area contributed by atoms with Crippen molar-refractivity contribution < 1.29 is 13.9 Å². The van der Waals surface area contributed by atoms with Crippen molar-refractivity contribution in [1.29, 1.82) is 0 Å². The van der Waals surface area contributed by atoms with Crippen LogP contribution < -0.4 is 10.9 Å². The number of carbonyl (C=O) groups is 1. The Kier molecular flexibility index (Phi) is 7.35. The lowest BCUT2D eigenvalue weighted by Gasteiger charge is -2.09. The monoisotopic (exact) mass is 346 g/mol. The number of nitrogens with one attached hydrogen (secondary N) is 1. The molecule has 1 heterocycles. The molecule has 0 bridgehead atoms. The summed E-state index contributed by atoms with van der Waals surface area (Å²) in [5.74, 6) is -0.648. The Bertz CT molecular complexity index is 758. The van der Waals surface area contributed by atoms with Crippen molar-refractivity contribution in [1.82, 2.24) is 9.88 Å². The van der Waals surface area contributed by atoms with E-state index >= 15 is 0 Å². The Balaban J connectivity index is 1.86. The van der Waals surface area contributed by atoms with Crippen LogP contribution in [0.1, 0.15) is 28.8 Å². The van der Waals surface area contributed by atoms with E-state index in [-0.39, 0.29) is 22.8 Å². The standard InChI is InChI=1S/C19H23FN2O3/c1-25-13-5-12-22-11-4-9-17(19(22)24)18(23)21-10-3-7-15-6-2-8-16(20)14-15/h2,4,6,8-9,11,14H,3,5,7,10,12-13H2,1H3,(H,21,23). The van der Waals surface area contributed by atoms with E-state index in [2.05, 4.69) is 5.32 Å². The molecule has 0 spiro atoms. The summed E-state index contributed by atoms with van der Waals surface area (Å²) in [5, 5.41) is 2.75. The summed E-state index contributed by atoms with van der Waals surface area (Å²) in [6.07, 6.45) is 3.70. The van der Waals surface area contributed by atoms with Crippen LogP contribution in [0.5, 0.6) is 0 Å². The van der Waals surface area contributed by atoms with E-state index < -0.39 is 0 Å². The zero-order valence-corrected chi connectivity index (χ0v) is 14.3. The molecule has 134 valence electrons. The quantitative estimate of drug-likeness (QED) is 0.709. The summed E-state index contributed by atoms with van der Waals surface area (Å²) in [4.78, 5) is 24.5. The highest BCUT2D eigenvalue weighted by molar-refractivity contribution is 5.93. The number of aryl methyl sites for hydroxylation is 2. The number of halogens is 1. The predicted molar refractivity (Wildman–Crippen MR) is 94.2 cm³/mol. The number of hydrogen-bond donors (Lipinski definition) is 1. The number of pyridine rings is 1. The maximum atomic E-state index is 13.1. The first-order valence-corrected chi connectivity index (χ1v) is 8.33. The van der Waals surface area contributed by atoms with Crippen LogP contribution in [0.15, 0.2) is 47.4 Å². The second kappa shape index (κ2) is 9.74. The first kappa shape index (κ1) is 18.9. The predicted octanol–water partition coefficient (Wildman–Crippen LogP) is 2.39. The second-order valence-electron chi connectivity index (χ2n) is 5.76. The average Bonchev–Trinajstić information content (AvgIpc) is 2.60. The molecule has 0 unspecified atom stereocenters. The number of nitrogens with zero attached hydrogens (tertiary/aromatic N) is 1. The molecule has 0 radical (unpaired) electrons. The molecule has 2 aromatic rings. The Morgan fingerprint density at radius 1 is 1.24 bits per heavy atom. The molecule has 0 saturated carbocycles. The number of rotatable bonds is 9.